The van der Waals surface area contributed by atoms with Crippen LogP contribution in [0, 0.1) is 0 Å². The van der Waals surface area contributed by atoms with Gasteiger partial charge in [0.05, 0.1) is 10.7 Å². The first-order valence-corrected chi connectivity index (χ1v) is 9.95. The topological polar surface area (TPSA) is 71.8 Å². The molecule has 1 aliphatic rings. The Balaban J connectivity index is 0.00000243. The lowest BCUT2D eigenvalue weighted by Gasteiger charge is -2.23. The first-order valence-electron chi connectivity index (χ1n) is 9.07. The molecule has 8 heteroatoms. The summed E-state index contributed by atoms with van der Waals surface area (Å²) in [6.07, 6.45) is 4.89. The molecular formula is C18H28ClN5OS. The maximum absolute atomic E-state index is 12.2. The summed E-state index contributed by atoms with van der Waals surface area (Å²) in [5.41, 5.74) is 2.21. The van der Waals surface area contributed by atoms with E-state index in [0.717, 1.165) is 42.3 Å². The van der Waals surface area contributed by atoms with Crippen molar-refractivity contribution in [3.05, 3.63) is 34.0 Å². The van der Waals surface area contributed by atoms with Crippen LogP contribution < -0.4 is 10.6 Å². The van der Waals surface area contributed by atoms with E-state index >= 15 is 0 Å². The standard InChI is InChI=1S/C18H27N5OS.ClH/c1-13(2)18-22-15(12-25-18)5-8-20-17(24)11-23-16(6-9-21-23)14-4-3-7-19-10-14;/h6,9,12-14,19H,3-5,7-8,10-11H2,1-2H3,(H,20,24);1H. The molecule has 0 saturated carbocycles. The number of carbonyl (C=O) groups excluding carboxylic acids is 1. The number of nitrogens with one attached hydrogen (secondary N) is 2. The summed E-state index contributed by atoms with van der Waals surface area (Å²) in [4.78, 5) is 16.8. The van der Waals surface area contributed by atoms with Gasteiger partial charge in [-0.25, -0.2) is 4.98 Å². The van der Waals surface area contributed by atoms with E-state index < -0.39 is 0 Å². The molecule has 0 bridgehead atoms. The number of halogens is 1. The summed E-state index contributed by atoms with van der Waals surface area (Å²) in [6.45, 7) is 7.24. The summed E-state index contributed by atoms with van der Waals surface area (Å²) in [7, 11) is 0. The van der Waals surface area contributed by atoms with Crippen molar-refractivity contribution in [1.82, 2.24) is 25.4 Å². The zero-order valence-corrected chi connectivity index (χ0v) is 17.0. The molecule has 1 fully saturated rings. The molecule has 3 heterocycles. The summed E-state index contributed by atoms with van der Waals surface area (Å²) < 4.78 is 1.84. The van der Waals surface area contributed by atoms with E-state index in [4.69, 9.17) is 0 Å². The van der Waals surface area contributed by atoms with Crippen molar-refractivity contribution in [2.45, 2.75) is 51.5 Å². The molecule has 3 rings (SSSR count). The van der Waals surface area contributed by atoms with Crippen molar-refractivity contribution < 1.29 is 4.79 Å². The van der Waals surface area contributed by atoms with Crippen molar-refractivity contribution in [2.24, 2.45) is 0 Å². The summed E-state index contributed by atoms with van der Waals surface area (Å²) in [5.74, 6) is 0.919. The van der Waals surface area contributed by atoms with Gasteiger partial charge in [-0.1, -0.05) is 13.8 Å². The Morgan fingerprint density at radius 3 is 3.04 bits per heavy atom. The first-order chi connectivity index (χ1) is 12.1. The van der Waals surface area contributed by atoms with Crippen LogP contribution in [0.1, 0.15) is 54.9 Å². The zero-order chi connectivity index (χ0) is 17.6. The molecule has 1 atom stereocenters. The lowest BCUT2D eigenvalue weighted by atomic mass is 9.96. The molecule has 1 saturated heterocycles. The Bertz CT molecular complexity index is 693. The van der Waals surface area contributed by atoms with Crippen LogP contribution in [0.15, 0.2) is 17.6 Å². The van der Waals surface area contributed by atoms with Gasteiger partial charge >= 0.3 is 0 Å². The highest BCUT2D eigenvalue weighted by molar-refractivity contribution is 7.09. The molecule has 2 N–H and O–H groups in total. The number of rotatable bonds is 7. The molecule has 0 spiro atoms. The molecule has 2 aromatic rings. The van der Waals surface area contributed by atoms with Gasteiger partial charge in [-0.3, -0.25) is 9.48 Å². The monoisotopic (exact) mass is 397 g/mol. The fourth-order valence-electron chi connectivity index (χ4n) is 3.15. The predicted molar refractivity (Wildman–Crippen MR) is 107 cm³/mol. The largest absolute Gasteiger partial charge is 0.354 e. The van der Waals surface area contributed by atoms with E-state index in [0.29, 0.717) is 18.4 Å². The SMILES string of the molecule is CC(C)c1nc(CCNC(=O)Cn2nccc2C2CCCNC2)cs1.Cl. The van der Waals surface area contributed by atoms with Crippen LogP contribution in [-0.4, -0.2) is 40.3 Å². The number of amides is 1. The third-order valence-corrected chi connectivity index (χ3v) is 5.72. The van der Waals surface area contributed by atoms with Crippen LogP contribution in [0.4, 0.5) is 0 Å². The Morgan fingerprint density at radius 2 is 2.35 bits per heavy atom. The third kappa shape index (κ3) is 5.53. The fraction of sp³-hybridized carbons (Fsp3) is 0.611. The molecule has 0 aliphatic carbocycles. The predicted octanol–water partition coefficient (Wildman–Crippen LogP) is 2.71. The van der Waals surface area contributed by atoms with E-state index in [1.165, 1.54) is 6.42 Å². The van der Waals surface area contributed by atoms with Gasteiger partial charge in [-0.2, -0.15) is 5.10 Å². The normalized spacial score (nSPS) is 17.1. The Labute approximate surface area is 165 Å². The van der Waals surface area contributed by atoms with Crippen LogP contribution >= 0.6 is 23.7 Å². The number of piperidine rings is 1. The second kappa shape index (κ2) is 10.0. The minimum Gasteiger partial charge on any atom is -0.354 e. The third-order valence-electron chi connectivity index (χ3n) is 4.52. The Kier molecular flexibility index (Phi) is 8.06. The van der Waals surface area contributed by atoms with E-state index in [9.17, 15) is 4.79 Å². The highest BCUT2D eigenvalue weighted by Gasteiger charge is 2.19. The van der Waals surface area contributed by atoms with Gasteiger partial charge in [-0.15, -0.1) is 23.7 Å². The molecule has 0 radical (unpaired) electrons. The van der Waals surface area contributed by atoms with E-state index in [1.54, 1.807) is 17.5 Å². The van der Waals surface area contributed by atoms with Gasteiger partial charge in [0.15, 0.2) is 0 Å². The van der Waals surface area contributed by atoms with Gasteiger partial charge in [0.1, 0.15) is 6.54 Å². The first kappa shape index (κ1) is 20.9. The lowest BCUT2D eigenvalue weighted by Crippen LogP contribution is -2.33. The molecule has 1 aliphatic heterocycles. The number of aromatic nitrogens is 3. The Hall–Kier alpha value is -1.44. The number of nitrogens with zero attached hydrogens (tertiary/aromatic N) is 3. The van der Waals surface area contributed by atoms with Gasteiger partial charge in [0.25, 0.3) is 0 Å². The van der Waals surface area contributed by atoms with Crippen molar-refractivity contribution in [2.75, 3.05) is 19.6 Å². The summed E-state index contributed by atoms with van der Waals surface area (Å²) in [6, 6.07) is 2.04. The molecule has 144 valence electrons. The van der Waals surface area contributed by atoms with Crippen molar-refractivity contribution in [1.29, 1.82) is 0 Å². The average Bonchev–Trinajstić information content (AvgIpc) is 3.25. The van der Waals surface area contributed by atoms with Crippen molar-refractivity contribution >= 4 is 29.7 Å². The van der Waals surface area contributed by atoms with Crippen molar-refractivity contribution in [3.8, 4) is 0 Å². The molecule has 1 unspecified atom stereocenters. The average molecular weight is 398 g/mol. The minimum atomic E-state index is 0. The van der Waals surface area contributed by atoms with Gasteiger partial charge in [-0.05, 0) is 25.5 Å². The molecule has 2 aromatic heterocycles. The highest BCUT2D eigenvalue weighted by atomic mass is 35.5. The fourth-order valence-corrected chi connectivity index (χ4v) is 4.02. The van der Waals surface area contributed by atoms with E-state index in [-0.39, 0.29) is 24.9 Å². The highest BCUT2D eigenvalue weighted by Crippen LogP contribution is 2.22. The maximum Gasteiger partial charge on any atom is 0.241 e. The minimum absolute atomic E-state index is 0. The van der Waals surface area contributed by atoms with Crippen LogP contribution in [-0.2, 0) is 17.8 Å². The number of hydrogen-bond donors (Lipinski definition) is 2. The molecular weight excluding hydrogens is 370 g/mol. The second-order valence-electron chi connectivity index (χ2n) is 6.89. The van der Waals surface area contributed by atoms with Crippen LogP contribution in [0.3, 0.4) is 0 Å². The number of hydrogen-bond acceptors (Lipinski definition) is 5. The van der Waals surface area contributed by atoms with Gasteiger partial charge in [0, 0.05) is 48.6 Å². The van der Waals surface area contributed by atoms with Gasteiger partial charge < -0.3 is 10.6 Å². The second-order valence-corrected chi connectivity index (χ2v) is 7.78. The van der Waals surface area contributed by atoms with Crippen molar-refractivity contribution in [3.63, 3.8) is 0 Å². The zero-order valence-electron chi connectivity index (χ0n) is 15.4. The number of carbonyl (C=O) groups is 1. The quantitative estimate of drug-likeness (QED) is 0.753. The van der Waals surface area contributed by atoms with Crippen LogP contribution in [0.25, 0.3) is 0 Å². The van der Waals surface area contributed by atoms with E-state index in [2.05, 4.69) is 39.9 Å². The summed E-state index contributed by atoms with van der Waals surface area (Å²) >= 11 is 1.69. The molecule has 0 aromatic carbocycles. The molecule has 1 amide bonds. The van der Waals surface area contributed by atoms with E-state index in [1.807, 2.05) is 10.7 Å². The lowest BCUT2D eigenvalue weighted by molar-refractivity contribution is -0.121. The summed E-state index contributed by atoms with van der Waals surface area (Å²) in [5, 5.41) is 14.0. The number of thiazole rings is 1. The maximum atomic E-state index is 12.2. The molecule has 6 nitrogen and oxygen atoms in total. The Morgan fingerprint density at radius 1 is 1.50 bits per heavy atom. The van der Waals surface area contributed by atoms with Crippen LogP contribution in [0.2, 0.25) is 0 Å². The smallest absolute Gasteiger partial charge is 0.241 e. The molecule has 26 heavy (non-hydrogen) atoms. The van der Waals surface area contributed by atoms with Gasteiger partial charge in [0.2, 0.25) is 5.91 Å². The van der Waals surface area contributed by atoms with Crippen LogP contribution in [0.5, 0.6) is 0 Å².